The van der Waals surface area contributed by atoms with Crippen LogP contribution in [0.2, 0.25) is 10.0 Å². The second-order valence-corrected chi connectivity index (χ2v) is 8.39. The smallest absolute Gasteiger partial charge is 0.271 e. The Morgan fingerprint density at radius 2 is 1.79 bits per heavy atom. The van der Waals surface area contributed by atoms with Gasteiger partial charge in [0.05, 0.1) is 23.4 Å². The second kappa shape index (κ2) is 11.1. The van der Waals surface area contributed by atoms with Crippen LogP contribution in [0.5, 0.6) is 17.2 Å². The Hall–Kier alpha value is -3.22. The average molecular weight is 487 g/mol. The molecule has 0 unspecified atom stereocenters. The van der Waals surface area contributed by atoms with E-state index in [4.69, 9.17) is 32.7 Å². The number of methoxy groups -OCH3 is 1. The Morgan fingerprint density at radius 3 is 2.42 bits per heavy atom. The molecular weight excluding hydrogens is 463 g/mol. The summed E-state index contributed by atoms with van der Waals surface area (Å²) in [4.78, 5) is 12.2. The van der Waals surface area contributed by atoms with Crippen LogP contribution in [-0.2, 0) is 6.61 Å². The van der Waals surface area contributed by atoms with Gasteiger partial charge in [0, 0.05) is 17.2 Å². The number of phenolic OH excluding ortho intramolecular Hbond substituents is 1. The quantitative estimate of drug-likeness (QED) is 0.294. The van der Waals surface area contributed by atoms with Gasteiger partial charge in [0.25, 0.3) is 5.91 Å². The number of carbonyl (C=O) groups is 1. The van der Waals surface area contributed by atoms with Crippen LogP contribution in [0.25, 0.3) is 0 Å². The number of phenols is 1. The molecule has 0 heterocycles. The molecule has 1 amide bonds. The Morgan fingerprint density at radius 1 is 1.06 bits per heavy atom. The monoisotopic (exact) mass is 486 g/mol. The van der Waals surface area contributed by atoms with Crippen LogP contribution >= 0.6 is 23.2 Å². The third-order valence-electron chi connectivity index (χ3n) is 4.90. The molecule has 3 aromatic rings. The number of carbonyl (C=O) groups excluding carboxylic acids is 1. The molecule has 33 heavy (non-hydrogen) atoms. The Bertz CT molecular complexity index is 1160. The van der Waals surface area contributed by atoms with E-state index >= 15 is 0 Å². The maximum Gasteiger partial charge on any atom is 0.271 e. The summed E-state index contributed by atoms with van der Waals surface area (Å²) in [5.41, 5.74) is 5.50. The summed E-state index contributed by atoms with van der Waals surface area (Å²) in [7, 11) is 1.52. The highest BCUT2D eigenvalue weighted by atomic mass is 35.5. The van der Waals surface area contributed by atoms with E-state index in [-0.39, 0.29) is 16.3 Å². The van der Waals surface area contributed by atoms with Crippen molar-refractivity contribution in [2.45, 2.75) is 26.4 Å². The molecule has 0 aliphatic carbocycles. The highest BCUT2D eigenvalue weighted by Crippen LogP contribution is 2.32. The molecule has 2 N–H and O–H groups in total. The van der Waals surface area contributed by atoms with E-state index in [0.717, 1.165) is 5.56 Å². The number of hydrazone groups is 1. The summed E-state index contributed by atoms with van der Waals surface area (Å²) >= 11 is 12.2. The van der Waals surface area contributed by atoms with Gasteiger partial charge in [-0.2, -0.15) is 5.10 Å². The maximum atomic E-state index is 12.2. The zero-order valence-corrected chi connectivity index (χ0v) is 19.9. The van der Waals surface area contributed by atoms with E-state index in [1.807, 2.05) is 12.1 Å². The van der Waals surface area contributed by atoms with Crippen molar-refractivity contribution >= 4 is 35.3 Å². The lowest BCUT2D eigenvalue weighted by atomic mass is 10.0. The molecule has 0 fully saturated rings. The number of nitrogens with zero attached hydrogens (tertiary/aromatic N) is 1. The van der Waals surface area contributed by atoms with Crippen molar-refractivity contribution in [3.05, 3.63) is 86.9 Å². The van der Waals surface area contributed by atoms with Gasteiger partial charge >= 0.3 is 0 Å². The van der Waals surface area contributed by atoms with Crippen molar-refractivity contribution in [2.24, 2.45) is 5.10 Å². The molecule has 0 aromatic heterocycles. The average Bonchev–Trinajstić information content (AvgIpc) is 2.80. The molecule has 0 spiro atoms. The lowest BCUT2D eigenvalue weighted by molar-refractivity contribution is 0.0955. The van der Waals surface area contributed by atoms with Crippen LogP contribution < -0.4 is 14.9 Å². The lowest BCUT2D eigenvalue weighted by Gasteiger charge is -2.13. The first kappa shape index (κ1) is 24.4. The van der Waals surface area contributed by atoms with Crippen LogP contribution in [0.4, 0.5) is 0 Å². The molecule has 3 aromatic carbocycles. The fourth-order valence-electron chi connectivity index (χ4n) is 2.97. The Kier molecular flexibility index (Phi) is 8.20. The zero-order valence-electron chi connectivity index (χ0n) is 18.4. The molecule has 0 saturated heterocycles. The summed E-state index contributed by atoms with van der Waals surface area (Å²) < 4.78 is 11.3. The van der Waals surface area contributed by atoms with Gasteiger partial charge in [-0.1, -0.05) is 61.3 Å². The summed E-state index contributed by atoms with van der Waals surface area (Å²) in [5, 5.41) is 13.9. The summed E-state index contributed by atoms with van der Waals surface area (Å²) in [5.74, 6) is 0.834. The molecule has 0 saturated carbocycles. The third kappa shape index (κ3) is 6.40. The fraction of sp³-hybridized carbons (Fsp3) is 0.200. The SMILES string of the molecule is COc1cc(OCc2ccc(C(C)C)cc2)c(Cl)cc1C=NNC(=O)c1ccc(O)c(Cl)c1. The third-order valence-corrected chi connectivity index (χ3v) is 5.50. The molecule has 0 atom stereocenters. The van der Waals surface area contributed by atoms with Gasteiger partial charge in [-0.05, 0) is 41.3 Å². The highest BCUT2D eigenvalue weighted by molar-refractivity contribution is 6.32. The van der Waals surface area contributed by atoms with E-state index < -0.39 is 5.91 Å². The van der Waals surface area contributed by atoms with Gasteiger partial charge in [0.1, 0.15) is 23.9 Å². The first-order valence-corrected chi connectivity index (χ1v) is 10.9. The number of rotatable bonds is 8. The number of hydrogen-bond donors (Lipinski definition) is 2. The number of halogens is 2. The van der Waals surface area contributed by atoms with E-state index in [0.29, 0.717) is 34.6 Å². The second-order valence-electron chi connectivity index (χ2n) is 7.57. The molecule has 0 aliphatic heterocycles. The molecule has 0 radical (unpaired) electrons. The predicted octanol–water partition coefficient (Wildman–Crippen LogP) is 6.17. The van der Waals surface area contributed by atoms with E-state index in [2.05, 4.69) is 36.5 Å². The Balaban J connectivity index is 1.67. The van der Waals surface area contributed by atoms with Gasteiger partial charge in [0.2, 0.25) is 0 Å². The first-order chi connectivity index (χ1) is 15.8. The van der Waals surface area contributed by atoms with Crippen LogP contribution in [0.3, 0.4) is 0 Å². The normalized spacial score (nSPS) is 11.1. The van der Waals surface area contributed by atoms with Gasteiger partial charge < -0.3 is 14.6 Å². The van der Waals surface area contributed by atoms with Crippen LogP contribution in [0, 0.1) is 0 Å². The minimum absolute atomic E-state index is 0.0755. The number of ether oxygens (including phenoxy) is 2. The number of hydrogen-bond acceptors (Lipinski definition) is 5. The molecular formula is C25H24Cl2N2O4. The van der Waals surface area contributed by atoms with Crippen molar-refractivity contribution in [1.29, 1.82) is 0 Å². The minimum atomic E-state index is -0.485. The minimum Gasteiger partial charge on any atom is -0.506 e. The van der Waals surface area contributed by atoms with Crippen molar-refractivity contribution in [3.8, 4) is 17.2 Å². The largest absolute Gasteiger partial charge is 0.506 e. The number of aromatic hydroxyl groups is 1. The summed E-state index contributed by atoms with van der Waals surface area (Å²) in [6, 6.07) is 15.7. The lowest BCUT2D eigenvalue weighted by Crippen LogP contribution is -2.17. The van der Waals surface area contributed by atoms with E-state index in [9.17, 15) is 9.90 Å². The predicted molar refractivity (Wildman–Crippen MR) is 131 cm³/mol. The molecule has 6 nitrogen and oxygen atoms in total. The topological polar surface area (TPSA) is 80.2 Å². The van der Waals surface area contributed by atoms with Crippen molar-refractivity contribution in [3.63, 3.8) is 0 Å². The number of benzene rings is 3. The van der Waals surface area contributed by atoms with E-state index in [1.54, 1.807) is 12.1 Å². The molecule has 8 heteroatoms. The molecule has 172 valence electrons. The number of nitrogens with one attached hydrogen (secondary N) is 1. The van der Waals surface area contributed by atoms with Crippen molar-refractivity contribution < 1.29 is 19.4 Å². The summed E-state index contributed by atoms with van der Waals surface area (Å²) in [6.07, 6.45) is 1.42. The molecule has 0 aliphatic rings. The van der Waals surface area contributed by atoms with Crippen LogP contribution in [0.15, 0.2) is 59.7 Å². The standard InChI is InChI=1S/C25H24Cl2N2O4/c1-15(2)17-6-4-16(5-7-17)14-33-24-12-23(32-3)19(11-21(24)27)13-28-29-25(31)18-8-9-22(30)20(26)10-18/h4-13,15,30H,14H2,1-3H3,(H,29,31). The molecule has 0 bridgehead atoms. The first-order valence-electron chi connectivity index (χ1n) is 10.2. The van der Waals surface area contributed by atoms with Crippen LogP contribution in [0.1, 0.15) is 46.8 Å². The fourth-order valence-corrected chi connectivity index (χ4v) is 3.38. The van der Waals surface area contributed by atoms with E-state index in [1.165, 1.54) is 37.1 Å². The zero-order chi connectivity index (χ0) is 24.0. The van der Waals surface area contributed by atoms with Gasteiger partial charge in [-0.15, -0.1) is 0 Å². The van der Waals surface area contributed by atoms with Crippen molar-refractivity contribution in [2.75, 3.05) is 7.11 Å². The van der Waals surface area contributed by atoms with Crippen LogP contribution in [-0.4, -0.2) is 24.3 Å². The maximum absolute atomic E-state index is 12.2. The highest BCUT2D eigenvalue weighted by Gasteiger charge is 2.11. The Labute approximate surface area is 202 Å². The van der Waals surface area contributed by atoms with Gasteiger partial charge in [-0.25, -0.2) is 5.43 Å². The molecule has 3 rings (SSSR count). The van der Waals surface area contributed by atoms with Gasteiger partial charge in [0.15, 0.2) is 0 Å². The summed E-state index contributed by atoms with van der Waals surface area (Å²) in [6.45, 7) is 4.66. The van der Waals surface area contributed by atoms with Crippen molar-refractivity contribution in [1.82, 2.24) is 5.43 Å². The van der Waals surface area contributed by atoms with Gasteiger partial charge in [-0.3, -0.25) is 4.79 Å². The number of amides is 1.